The molecule has 0 fully saturated rings. The molecule has 1 unspecified atom stereocenters. The number of hydrogen-bond donors (Lipinski definition) is 0. The molecule has 0 spiro atoms. The largest absolute Gasteiger partial charge is 0.105 e. The summed E-state index contributed by atoms with van der Waals surface area (Å²) < 4.78 is 0. The summed E-state index contributed by atoms with van der Waals surface area (Å²) >= 11 is 0. The highest BCUT2D eigenvalue weighted by Gasteiger charge is 1.99. The van der Waals surface area contributed by atoms with Crippen molar-refractivity contribution in [3.8, 4) is 0 Å². The van der Waals surface area contributed by atoms with E-state index >= 15 is 0 Å². The fourth-order valence-corrected chi connectivity index (χ4v) is 0.949. The molecule has 0 bridgehead atoms. The summed E-state index contributed by atoms with van der Waals surface area (Å²) in [6.07, 6.45) is 1.35. The van der Waals surface area contributed by atoms with Crippen molar-refractivity contribution in [2.75, 3.05) is 0 Å². The van der Waals surface area contributed by atoms with Crippen molar-refractivity contribution >= 4 is 14.0 Å². The van der Waals surface area contributed by atoms with Crippen LogP contribution in [-0.2, 0) is 0 Å². The zero-order chi connectivity index (χ0) is 3.70. The summed E-state index contributed by atoms with van der Waals surface area (Å²) in [4.78, 5) is 0. The van der Waals surface area contributed by atoms with Crippen LogP contribution in [0.3, 0.4) is 0 Å². The summed E-state index contributed by atoms with van der Waals surface area (Å²) in [7, 11) is 1.55. The quantitative estimate of drug-likeness (QED) is 0.392. The highest BCUT2D eigenvalue weighted by atomic mass is 31.1. The predicted octanol–water partition coefficient (Wildman–Crippen LogP) is 1.53. The van der Waals surface area contributed by atoms with Crippen LogP contribution >= 0.6 is 8.20 Å². The van der Waals surface area contributed by atoms with Gasteiger partial charge in [-0.05, 0) is 6.42 Å². The van der Waals surface area contributed by atoms with Crippen LogP contribution in [0.25, 0.3) is 0 Å². The molecule has 0 saturated heterocycles. The minimum atomic E-state index is 0.981. The molecule has 0 aromatic heterocycles. The Morgan fingerprint density at radius 3 is 2.40 bits per heavy atom. The Balaban J connectivity index is 2.39. The van der Waals surface area contributed by atoms with Gasteiger partial charge in [0.25, 0.3) is 0 Å². The Bertz CT molecular complexity index is 56.7. The molecule has 0 aliphatic carbocycles. The second kappa shape index (κ2) is 1.10. The molecule has 0 saturated carbocycles. The van der Waals surface area contributed by atoms with Gasteiger partial charge < -0.3 is 0 Å². The van der Waals surface area contributed by atoms with Gasteiger partial charge >= 0.3 is 0 Å². The lowest BCUT2D eigenvalue weighted by Crippen LogP contribution is -1.98. The molecule has 1 rings (SSSR count). The highest BCUT2D eigenvalue weighted by Crippen LogP contribution is 2.19. The van der Waals surface area contributed by atoms with E-state index in [1.165, 1.54) is 6.42 Å². The first-order valence-corrected chi connectivity index (χ1v) is 2.94. The van der Waals surface area contributed by atoms with E-state index in [4.69, 9.17) is 0 Å². The van der Waals surface area contributed by atoms with Gasteiger partial charge in [0, 0.05) is 5.66 Å². The predicted molar refractivity (Wildman–Crippen MR) is 27.1 cm³/mol. The molecule has 1 atom stereocenters. The lowest BCUT2D eigenvalue weighted by atomic mass is 10.4. The maximum atomic E-state index is 2.30. The second-order valence-electron chi connectivity index (χ2n) is 1.42. The van der Waals surface area contributed by atoms with Gasteiger partial charge in [-0.15, -0.1) is 8.20 Å². The Kier molecular flexibility index (Phi) is 0.740. The van der Waals surface area contributed by atoms with Crippen LogP contribution in [0.4, 0.5) is 0 Å². The highest BCUT2D eigenvalue weighted by molar-refractivity contribution is 7.41. The van der Waals surface area contributed by atoms with Crippen molar-refractivity contribution < 1.29 is 0 Å². The molecule has 1 heterocycles. The summed E-state index contributed by atoms with van der Waals surface area (Å²) in [5.41, 5.74) is 0.981. The molecule has 1 heteroatoms. The van der Waals surface area contributed by atoms with Gasteiger partial charge in [0.1, 0.15) is 0 Å². The molecule has 1 aliphatic rings. The van der Waals surface area contributed by atoms with Crippen LogP contribution in [0.5, 0.6) is 0 Å². The summed E-state index contributed by atoms with van der Waals surface area (Å²) in [6, 6.07) is 0. The fraction of sp³-hybridized carbons (Fsp3) is 0.750. The van der Waals surface area contributed by atoms with Gasteiger partial charge in [0.05, 0.1) is 0 Å². The van der Waals surface area contributed by atoms with Crippen LogP contribution in [0.15, 0.2) is 0 Å². The van der Waals surface area contributed by atoms with Gasteiger partial charge in [-0.3, -0.25) is 0 Å². The minimum absolute atomic E-state index is 0.981. The molecule has 28 valence electrons. The third-order valence-corrected chi connectivity index (χ3v) is 1.95. The van der Waals surface area contributed by atoms with Crippen LogP contribution in [0, 0.1) is 0 Å². The molecule has 0 nitrogen and oxygen atoms in total. The maximum absolute atomic E-state index is 2.30. The molecular formula is C4H7P. The van der Waals surface area contributed by atoms with Crippen LogP contribution < -0.4 is 0 Å². The van der Waals surface area contributed by atoms with Crippen molar-refractivity contribution in [2.24, 2.45) is 0 Å². The lowest BCUT2D eigenvalue weighted by Gasteiger charge is -2.06. The molecule has 0 amide bonds. The second-order valence-corrected chi connectivity index (χ2v) is 2.96. The number of rotatable bonds is 0. The SMILES string of the molecule is CC1CC=P1. The first-order valence-electron chi connectivity index (χ1n) is 1.91. The third-order valence-electron chi connectivity index (χ3n) is 0.806. The van der Waals surface area contributed by atoms with Gasteiger partial charge in [-0.2, -0.15) is 0 Å². The number of hydrogen-bond acceptors (Lipinski definition) is 0. The van der Waals surface area contributed by atoms with Crippen molar-refractivity contribution in [3.05, 3.63) is 0 Å². The molecule has 0 radical (unpaired) electrons. The van der Waals surface area contributed by atoms with E-state index in [2.05, 4.69) is 12.7 Å². The first kappa shape index (κ1) is 3.36. The zero-order valence-corrected chi connectivity index (χ0v) is 4.20. The summed E-state index contributed by atoms with van der Waals surface area (Å²) in [5.74, 6) is 2.30. The molecule has 0 aromatic rings. The van der Waals surface area contributed by atoms with Crippen molar-refractivity contribution in [1.82, 2.24) is 0 Å². The molecule has 0 aromatic carbocycles. The molecule has 1 aliphatic heterocycles. The van der Waals surface area contributed by atoms with E-state index in [9.17, 15) is 0 Å². The van der Waals surface area contributed by atoms with Gasteiger partial charge in [-0.1, -0.05) is 12.7 Å². The van der Waals surface area contributed by atoms with Crippen LogP contribution in [0.2, 0.25) is 0 Å². The molecular weight excluding hydrogens is 79.0 g/mol. The van der Waals surface area contributed by atoms with E-state index in [1.807, 2.05) is 0 Å². The standard InChI is InChI=1S/C4H7P/c1-4-2-3-5-4/h3-4H,2H2,1H3. The molecule has 0 N–H and O–H groups in total. The van der Waals surface area contributed by atoms with Gasteiger partial charge in [0.2, 0.25) is 0 Å². The van der Waals surface area contributed by atoms with E-state index in [1.54, 1.807) is 8.20 Å². The minimum Gasteiger partial charge on any atom is -0.105 e. The van der Waals surface area contributed by atoms with E-state index in [0.717, 1.165) is 5.66 Å². The zero-order valence-electron chi connectivity index (χ0n) is 3.31. The van der Waals surface area contributed by atoms with Gasteiger partial charge in [0.15, 0.2) is 0 Å². The van der Waals surface area contributed by atoms with Crippen molar-refractivity contribution in [2.45, 2.75) is 19.0 Å². The topological polar surface area (TPSA) is 0 Å². The van der Waals surface area contributed by atoms with Crippen LogP contribution in [0.1, 0.15) is 13.3 Å². The average Bonchev–Trinajstić information content (AvgIpc) is 1.30. The third kappa shape index (κ3) is 0.516. The monoisotopic (exact) mass is 86.0 g/mol. The maximum Gasteiger partial charge on any atom is 0.00153 e. The van der Waals surface area contributed by atoms with Crippen LogP contribution in [-0.4, -0.2) is 11.5 Å². The van der Waals surface area contributed by atoms with E-state index in [0.29, 0.717) is 0 Å². The summed E-state index contributed by atoms with van der Waals surface area (Å²) in [6.45, 7) is 2.27. The Hall–Kier alpha value is 0.170. The lowest BCUT2D eigenvalue weighted by molar-refractivity contribution is 1.02. The Morgan fingerprint density at radius 2 is 2.40 bits per heavy atom. The fourth-order valence-electron chi connectivity index (χ4n) is 0.316. The molecule has 5 heavy (non-hydrogen) atoms. The van der Waals surface area contributed by atoms with Crippen molar-refractivity contribution in [1.29, 1.82) is 0 Å². The van der Waals surface area contributed by atoms with Crippen molar-refractivity contribution in [3.63, 3.8) is 0 Å². The van der Waals surface area contributed by atoms with E-state index < -0.39 is 0 Å². The van der Waals surface area contributed by atoms with Gasteiger partial charge in [-0.25, -0.2) is 0 Å². The van der Waals surface area contributed by atoms with E-state index in [-0.39, 0.29) is 0 Å². The Morgan fingerprint density at radius 1 is 2.00 bits per heavy atom. The Labute approximate surface area is 34.0 Å². The smallest absolute Gasteiger partial charge is 0.00153 e. The normalized spacial score (nSPS) is 36.6. The first-order chi connectivity index (χ1) is 2.39. The average molecular weight is 86.1 g/mol. The summed E-state index contributed by atoms with van der Waals surface area (Å²) in [5, 5.41) is 0.